The number of rotatable bonds is 1. The van der Waals surface area contributed by atoms with Gasteiger partial charge in [-0.15, -0.1) is 0 Å². The lowest BCUT2D eigenvalue weighted by atomic mass is 9.85. The van der Waals surface area contributed by atoms with Crippen LogP contribution >= 0.6 is 0 Å². The second-order valence-corrected chi connectivity index (χ2v) is 4.70. The van der Waals surface area contributed by atoms with E-state index in [2.05, 4.69) is 28.3 Å². The number of pyridine rings is 1. The molecular weight excluding hydrogens is 198 g/mol. The number of aryl methyl sites for hydroxylation is 2. The largest absolute Gasteiger partial charge is 0.371 e. The lowest BCUT2D eigenvalue weighted by Crippen LogP contribution is -2.29. The van der Waals surface area contributed by atoms with Gasteiger partial charge in [-0.1, -0.05) is 6.07 Å². The normalized spacial score (nSPS) is 23.6. The van der Waals surface area contributed by atoms with E-state index >= 15 is 0 Å². The third kappa shape index (κ3) is 1.60. The Morgan fingerprint density at radius 3 is 3.19 bits per heavy atom. The molecule has 0 spiro atoms. The summed E-state index contributed by atoms with van der Waals surface area (Å²) >= 11 is 0. The molecule has 2 aliphatic rings. The van der Waals surface area contributed by atoms with Crippen LogP contribution in [0, 0.1) is 6.92 Å². The van der Waals surface area contributed by atoms with Crippen molar-refractivity contribution < 1.29 is 0 Å². The molecule has 3 rings (SSSR count). The first kappa shape index (κ1) is 9.82. The summed E-state index contributed by atoms with van der Waals surface area (Å²) in [5.41, 5.74) is 3.94. The molecule has 3 heteroatoms. The first-order valence-corrected chi connectivity index (χ1v) is 6.08. The summed E-state index contributed by atoms with van der Waals surface area (Å²) in [6.45, 7) is 4.03. The Bertz CT molecular complexity index is 437. The van der Waals surface area contributed by atoms with Crippen LogP contribution in [0.3, 0.4) is 0 Å². The van der Waals surface area contributed by atoms with Crippen LogP contribution in [0.4, 0.5) is 0 Å². The van der Waals surface area contributed by atoms with Gasteiger partial charge in [0.2, 0.25) is 0 Å². The molecule has 1 aliphatic carbocycles. The number of hydrogen-bond donors (Lipinski definition) is 1. The van der Waals surface area contributed by atoms with E-state index in [1.807, 2.05) is 6.20 Å². The third-order valence-electron chi connectivity index (χ3n) is 3.44. The highest BCUT2D eigenvalue weighted by Crippen LogP contribution is 2.31. The van der Waals surface area contributed by atoms with Gasteiger partial charge < -0.3 is 5.32 Å². The molecule has 1 aliphatic heterocycles. The van der Waals surface area contributed by atoms with E-state index in [4.69, 9.17) is 0 Å². The first-order chi connectivity index (χ1) is 7.84. The Morgan fingerprint density at radius 1 is 1.44 bits per heavy atom. The van der Waals surface area contributed by atoms with Gasteiger partial charge in [0.15, 0.2) is 0 Å². The summed E-state index contributed by atoms with van der Waals surface area (Å²) in [5, 5.41) is 3.39. The molecular formula is C13H17N3. The molecule has 1 unspecified atom stereocenters. The van der Waals surface area contributed by atoms with E-state index in [0.29, 0.717) is 5.92 Å². The summed E-state index contributed by atoms with van der Waals surface area (Å²) in [6, 6.07) is 2.28. The predicted octanol–water partition coefficient (Wildman–Crippen LogP) is 1.81. The van der Waals surface area contributed by atoms with Gasteiger partial charge in [-0.3, -0.25) is 9.98 Å². The van der Waals surface area contributed by atoms with Gasteiger partial charge >= 0.3 is 0 Å². The maximum absolute atomic E-state index is 4.62. The molecule has 0 fully saturated rings. The van der Waals surface area contributed by atoms with Crippen molar-refractivity contribution in [2.45, 2.75) is 32.1 Å². The molecule has 16 heavy (non-hydrogen) atoms. The molecule has 84 valence electrons. The summed E-state index contributed by atoms with van der Waals surface area (Å²) in [7, 11) is 0. The van der Waals surface area contributed by atoms with Crippen molar-refractivity contribution in [1.82, 2.24) is 10.3 Å². The van der Waals surface area contributed by atoms with Crippen molar-refractivity contribution in [2.75, 3.05) is 13.1 Å². The zero-order valence-electron chi connectivity index (χ0n) is 9.66. The number of fused-ring (bicyclic) bond motifs is 1. The molecule has 1 aromatic rings. The smallest absolute Gasteiger partial charge is 0.106 e. The Morgan fingerprint density at radius 2 is 2.38 bits per heavy atom. The number of aromatic nitrogens is 1. The minimum atomic E-state index is 0.423. The molecule has 0 amide bonds. The molecule has 1 aromatic heterocycles. The molecule has 0 radical (unpaired) electrons. The number of hydrogen-bond acceptors (Lipinski definition) is 3. The zero-order valence-corrected chi connectivity index (χ0v) is 9.66. The maximum atomic E-state index is 4.62. The average molecular weight is 215 g/mol. The van der Waals surface area contributed by atoms with Gasteiger partial charge in [-0.2, -0.15) is 0 Å². The summed E-state index contributed by atoms with van der Waals surface area (Å²) in [5.74, 6) is 1.59. The van der Waals surface area contributed by atoms with E-state index < -0.39 is 0 Å². The fourth-order valence-corrected chi connectivity index (χ4v) is 2.70. The van der Waals surface area contributed by atoms with Crippen molar-refractivity contribution >= 4 is 5.84 Å². The van der Waals surface area contributed by atoms with Crippen molar-refractivity contribution in [3.63, 3.8) is 0 Å². The van der Waals surface area contributed by atoms with Gasteiger partial charge in [-0.25, -0.2) is 0 Å². The Labute approximate surface area is 96.0 Å². The Kier molecular flexibility index (Phi) is 2.39. The fourth-order valence-electron chi connectivity index (χ4n) is 2.70. The van der Waals surface area contributed by atoms with E-state index in [1.54, 1.807) is 0 Å². The van der Waals surface area contributed by atoms with Crippen LogP contribution in [0.2, 0.25) is 0 Å². The van der Waals surface area contributed by atoms with Crippen LogP contribution in [0.15, 0.2) is 17.3 Å². The van der Waals surface area contributed by atoms with Crippen LogP contribution in [0.1, 0.15) is 35.6 Å². The lowest BCUT2D eigenvalue weighted by Gasteiger charge is -2.24. The second-order valence-electron chi connectivity index (χ2n) is 4.70. The molecule has 1 atom stereocenters. The molecule has 0 saturated heterocycles. The summed E-state index contributed by atoms with van der Waals surface area (Å²) in [6.07, 6.45) is 5.60. The third-order valence-corrected chi connectivity index (χ3v) is 3.44. The van der Waals surface area contributed by atoms with Crippen molar-refractivity contribution in [3.8, 4) is 0 Å². The zero-order chi connectivity index (χ0) is 11.0. The fraction of sp³-hybridized carbons (Fsp3) is 0.538. The van der Waals surface area contributed by atoms with Gasteiger partial charge in [0.25, 0.3) is 0 Å². The topological polar surface area (TPSA) is 37.3 Å². The SMILES string of the molecule is Cc1cnc2c(c1)CCCC2C1=NCCN1. The first-order valence-electron chi connectivity index (χ1n) is 6.08. The van der Waals surface area contributed by atoms with E-state index in [-0.39, 0.29) is 0 Å². The van der Waals surface area contributed by atoms with Crippen molar-refractivity contribution in [3.05, 3.63) is 29.1 Å². The van der Waals surface area contributed by atoms with Crippen LogP contribution in [0.5, 0.6) is 0 Å². The van der Waals surface area contributed by atoms with Gasteiger partial charge in [0.1, 0.15) is 5.84 Å². The van der Waals surface area contributed by atoms with Crippen LogP contribution in [-0.4, -0.2) is 23.9 Å². The standard InChI is InChI=1S/C13H17N3/c1-9-7-10-3-2-4-11(12(10)16-8-9)13-14-5-6-15-13/h7-8,11H,2-6H2,1H3,(H,14,15). The maximum Gasteiger partial charge on any atom is 0.106 e. The van der Waals surface area contributed by atoms with Crippen molar-refractivity contribution in [1.29, 1.82) is 0 Å². The van der Waals surface area contributed by atoms with E-state index in [0.717, 1.165) is 18.9 Å². The van der Waals surface area contributed by atoms with Gasteiger partial charge in [-0.05, 0) is 37.3 Å². The number of aliphatic imine (C=N–C) groups is 1. The minimum Gasteiger partial charge on any atom is -0.371 e. The monoisotopic (exact) mass is 215 g/mol. The number of nitrogens with zero attached hydrogens (tertiary/aromatic N) is 2. The molecule has 0 aromatic carbocycles. The predicted molar refractivity (Wildman–Crippen MR) is 65.0 cm³/mol. The van der Waals surface area contributed by atoms with E-state index in [1.165, 1.54) is 36.1 Å². The molecule has 0 bridgehead atoms. The molecule has 0 saturated carbocycles. The highest BCUT2D eigenvalue weighted by atomic mass is 15.1. The average Bonchev–Trinajstić information content (AvgIpc) is 2.81. The van der Waals surface area contributed by atoms with Gasteiger partial charge in [0.05, 0.1) is 18.2 Å². The molecule has 3 nitrogen and oxygen atoms in total. The lowest BCUT2D eigenvalue weighted by molar-refractivity contribution is 0.623. The summed E-state index contributed by atoms with van der Waals surface area (Å²) in [4.78, 5) is 9.17. The number of amidine groups is 1. The van der Waals surface area contributed by atoms with Crippen LogP contribution < -0.4 is 5.32 Å². The van der Waals surface area contributed by atoms with Gasteiger partial charge in [0, 0.05) is 12.7 Å². The second kappa shape index (κ2) is 3.89. The molecule has 1 N–H and O–H groups in total. The van der Waals surface area contributed by atoms with Crippen LogP contribution in [0.25, 0.3) is 0 Å². The van der Waals surface area contributed by atoms with Crippen molar-refractivity contribution in [2.24, 2.45) is 4.99 Å². The Hall–Kier alpha value is -1.38. The summed E-state index contributed by atoms with van der Waals surface area (Å²) < 4.78 is 0. The highest BCUT2D eigenvalue weighted by molar-refractivity contribution is 5.90. The van der Waals surface area contributed by atoms with Crippen LogP contribution in [-0.2, 0) is 6.42 Å². The quantitative estimate of drug-likeness (QED) is 0.775. The Balaban J connectivity index is 1.99. The minimum absolute atomic E-state index is 0.423. The van der Waals surface area contributed by atoms with E-state index in [9.17, 15) is 0 Å². The number of nitrogens with one attached hydrogen (secondary N) is 1. The molecule has 2 heterocycles. The highest BCUT2D eigenvalue weighted by Gasteiger charge is 2.27.